The number of nitrogens with two attached hydrogens (primary N) is 1. The van der Waals surface area contributed by atoms with Gasteiger partial charge in [-0.05, 0) is 17.9 Å². The predicted octanol–water partition coefficient (Wildman–Crippen LogP) is 4.64. The molecule has 0 fully saturated rings. The van der Waals surface area contributed by atoms with Crippen LogP contribution in [0.1, 0.15) is 22.6 Å². The van der Waals surface area contributed by atoms with Gasteiger partial charge in [0.15, 0.2) is 5.58 Å². The second kappa shape index (κ2) is 9.34. The van der Waals surface area contributed by atoms with Crippen LogP contribution in [0.25, 0.3) is 11.1 Å². The molecule has 0 bridgehead atoms. The zero-order chi connectivity index (χ0) is 20.1. The van der Waals surface area contributed by atoms with Crippen molar-refractivity contribution in [2.45, 2.75) is 32.0 Å². The maximum atomic E-state index is 12.1. The summed E-state index contributed by atoms with van der Waals surface area (Å²) in [5, 5.41) is 5.55. The Balaban J connectivity index is 1.83. The van der Waals surface area contributed by atoms with Gasteiger partial charge < -0.3 is 20.2 Å². The van der Waals surface area contributed by atoms with Gasteiger partial charge in [-0.25, -0.2) is 4.98 Å². The van der Waals surface area contributed by atoms with Gasteiger partial charge in [0, 0.05) is 30.0 Å². The molecule has 0 unspecified atom stereocenters. The van der Waals surface area contributed by atoms with Crippen molar-refractivity contribution in [1.82, 2.24) is 4.98 Å². The fraction of sp³-hybridized carbons (Fsp3) is 0.316. The van der Waals surface area contributed by atoms with Crippen molar-refractivity contribution in [3.05, 3.63) is 44.9 Å². The number of alkyl halides is 2. The molecule has 0 aromatic carbocycles. The topological polar surface area (TPSA) is 73.3 Å². The average molecular weight is 426 g/mol. The number of nitrogens with zero attached hydrogens (tertiary/aromatic N) is 1. The van der Waals surface area contributed by atoms with Crippen molar-refractivity contribution in [2.24, 2.45) is 5.73 Å². The first-order valence-electron chi connectivity index (χ1n) is 8.48. The van der Waals surface area contributed by atoms with Gasteiger partial charge in [0.1, 0.15) is 16.4 Å². The van der Waals surface area contributed by atoms with E-state index in [1.807, 2.05) is 17.5 Å². The van der Waals surface area contributed by atoms with E-state index in [0.717, 1.165) is 4.88 Å². The van der Waals surface area contributed by atoms with Gasteiger partial charge in [0.2, 0.25) is 0 Å². The molecule has 5 nitrogen and oxygen atoms in total. The van der Waals surface area contributed by atoms with Gasteiger partial charge in [-0.15, -0.1) is 17.8 Å². The molecule has 3 N–H and O–H groups in total. The number of anilines is 1. The largest absolute Gasteiger partial charge is 0.456 e. The van der Waals surface area contributed by atoms with E-state index in [4.69, 9.17) is 28.2 Å². The SMILES string of the molecule is C#Cc1c(C[C@@H](N)CCOC(F)F)oc2c(NCc3cccs3)cc(Cl)nc12. The number of hydrogen-bond acceptors (Lipinski definition) is 6. The second-order valence-corrected chi connectivity index (χ2v) is 7.45. The van der Waals surface area contributed by atoms with Gasteiger partial charge in [0.05, 0.1) is 17.9 Å². The van der Waals surface area contributed by atoms with E-state index in [1.165, 1.54) is 0 Å². The van der Waals surface area contributed by atoms with Crippen molar-refractivity contribution >= 4 is 39.7 Å². The minimum absolute atomic E-state index is 0.151. The number of hydrogen-bond donors (Lipinski definition) is 2. The van der Waals surface area contributed by atoms with E-state index >= 15 is 0 Å². The molecule has 0 aliphatic heterocycles. The molecule has 0 saturated carbocycles. The van der Waals surface area contributed by atoms with E-state index in [2.05, 4.69) is 21.0 Å². The number of pyridine rings is 1. The highest BCUT2D eigenvalue weighted by atomic mass is 35.5. The van der Waals surface area contributed by atoms with Gasteiger partial charge >= 0.3 is 6.61 Å². The van der Waals surface area contributed by atoms with Crippen LogP contribution in [0.4, 0.5) is 14.5 Å². The quantitative estimate of drug-likeness (QED) is 0.386. The lowest BCUT2D eigenvalue weighted by Gasteiger charge is -2.10. The molecular weight excluding hydrogens is 408 g/mol. The van der Waals surface area contributed by atoms with Crippen molar-refractivity contribution in [3.8, 4) is 12.3 Å². The summed E-state index contributed by atoms with van der Waals surface area (Å²) in [5.41, 5.74) is 8.09. The summed E-state index contributed by atoms with van der Waals surface area (Å²) in [4.78, 5) is 5.44. The smallest absolute Gasteiger partial charge is 0.345 e. The Hall–Kier alpha value is -2.18. The molecule has 3 heterocycles. The van der Waals surface area contributed by atoms with Crippen LogP contribution in [0.5, 0.6) is 0 Å². The Morgan fingerprint density at radius 2 is 2.29 bits per heavy atom. The number of halogens is 3. The highest BCUT2D eigenvalue weighted by molar-refractivity contribution is 7.09. The molecule has 0 aliphatic rings. The fourth-order valence-corrected chi connectivity index (χ4v) is 3.59. The van der Waals surface area contributed by atoms with Crippen molar-refractivity contribution < 1.29 is 17.9 Å². The number of ether oxygens (including phenoxy) is 1. The summed E-state index contributed by atoms with van der Waals surface area (Å²) in [6.07, 6.45) is 6.16. The number of nitrogens with one attached hydrogen (secondary N) is 1. The van der Waals surface area contributed by atoms with Crippen LogP contribution >= 0.6 is 22.9 Å². The maximum Gasteiger partial charge on any atom is 0.345 e. The second-order valence-electron chi connectivity index (χ2n) is 6.03. The summed E-state index contributed by atoms with van der Waals surface area (Å²) in [5.74, 6) is 3.04. The molecule has 148 valence electrons. The highest BCUT2D eigenvalue weighted by Crippen LogP contribution is 2.33. The number of aromatic nitrogens is 1. The molecule has 9 heteroatoms. The first-order valence-corrected chi connectivity index (χ1v) is 9.73. The van der Waals surface area contributed by atoms with Crippen LogP contribution < -0.4 is 11.1 Å². The standard InChI is InChI=1S/C19H18ClF2N3O2S/c1-2-13-15(8-11(23)5-6-26-19(21)22)27-18-14(9-16(20)25-17(13)18)24-10-12-4-3-7-28-12/h1,3-4,7,9,11,19H,5-6,8,10,23H2,(H,24,25)/t11-/m0/s1. The molecule has 3 rings (SSSR count). The van der Waals surface area contributed by atoms with Crippen molar-refractivity contribution in [1.29, 1.82) is 0 Å². The third-order valence-electron chi connectivity index (χ3n) is 4.04. The first kappa shape index (κ1) is 20.6. The molecule has 28 heavy (non-hydrogen) atoms. The maximum absolute atomic E-state index is 12.1. The molecule has 0 spiro atoms. The highest BCUT2D eigenvalue weighted by Gasteiger charge is 2.20. The lowest BCUT2D eigenvalue weighted by Crippen LogP contribution is -2.25. The van der Waals surface area contributed by atoms with E-state index in [0.29, 0.717) is 34.7 Å². The van der Waals surface area contributed by atoms with Crippen LogP contribution in [0.15, 0.2) is 28.0 Å². The molecule has 0 saturated heterocycles. The summed E-state index contributed by atoms with van der Waals surface area (Å²) >= 11 is 7.78. The summed E-state index contributed by atoms with van der Waals surface area (Å²) in [7, 11) is 0. The molecule has 0 amide bonds. The van der Waals surface area contributed by atoms with Crippen LogP contribution in [0.2, 0.25) is 5.15 Å². The monoisotopic (exact) mass is 425 g/mol. The Morgan fingerprint density at radius 1 is 1.46 bits per heavy atom. The number of fused-ring (bicyclic) bond motifs is 1. The average Bonchev–Trinajstić information content (AvgIpc) is 3.26. The molecule has 1 atom stereocenters. The molecule has 0 radical (unpaired) electrons. The Kier molecular flexibility index (Phi) is 6.86. The van der Waals surface area contributed by atoms with E-state index in [9.17, 15) is 8.78 Å². The van der Waals surface area contributed by atoms with Crippen LogP contribution in [0, 0.1) is 12.3 Å². The van der Waals surface area contributed by atoms with Gasteiger partial charge in [0.25, 0.3) is 0 Å². The zero-order valence-corrected chi connectivity index (χ0v) is 16.3. The lowest BCUT2D eigenvalue weighted by atomic mass is 10.1. The van der Waals surface area contributed by atoms with E-state index in [1.54, 1.807) is 17.4 Å². The fourth-order valence-electron chi connectivity index (χ4n) is 2.75. The van der Waals surface area contributed by atoms with Gasteiger partial charge in [-0.2, -0.15) is 8.78 Å². The predicted molar refractivity (Wildman–Crippen MR) is 107 cm³/mol. The van der Waals surface area contributed by atoms with E-state index in [-0.39, 0.29) is 24.6 Å². The number of rotatable bonds is 9. The third-order valence-corrected chi connectivity index (χ3v) is 5.11. The normalized spacial score (nSPS) is 12.4. The minimum atomic E-state index is -2.82. The van der Waals surface area contributed by atoms with Crippen LogP contribution in [-0.2, 0) is 17.7 Å². The number of thiophene rings is 1. The van der Waals surface area contributed by atoms with Gasteiger partial charge in [-0.1, -0.05) is 23.6 Å². The number of terminal acetylenes is 1. The summed E-state index contributed by atoms with van der Waals surface area (Å²) in [6, 6.07) is 5.20. The van der Waals surface area contributed by atoms with Crippen LogP contribution in [0.3, 0.4) is 0 Å². The Bertz CT molecular complexity index is 970. The van der Waals surface area contributed by atoms with Crippen molar-refractivity contribution in [3.63, 3.8) is 0 Å². The Morgan fingerprint density at radius 3 is 2.96 bits per heavy atom. The Labute approximate surface area is 169 Å². The molecule has 3 aromatic heterocycles. The van der Waals surface area contributed by atoms with Crippen LogP contribution in [-0.4, -0.2) is 24.2 Å². The molecule has 3 aromatic rings. The third kappa shape index (κ3) is 5.00. The van der Waals surface area contributed by atoms with Gasteiger partial charge in [-0.3, -0.25) is 0 Å². The summed E-state index contributed by atoms with van der Waals surface area (Å²) < 4.78 is 34.4. The molecular formula is C19H18ClF2N3O2S. The first-order chi connectivity index (χ1) is 13.5. The molecule has 0 aliphatic carbocycles. The summed E-state index contributed by atoms with van der Waals surface area (Å²) in [6.45, 7) is -2.37. The lowest BCUT2D eigenvalue weighted by molar-refractivity contribution is -0.129. The van der Waals surface area contributed by atoms with E-state index < -0.39 is 12.7 Å². The zero-order valence-electron chi connectivity index (χ0n) is 14.8. The number of furan rings is 1. The van der Waals surface area contributed by atoms with Crippen molar-refractivity contribution in [2.75, 3.05) is 11.9 Å². The minimum Gasteiger partial charge on any atom is -0.456 e.